The minimum atomic E-state index is -4.78. The second-order valence-corrected chi connectivity index (χ2v) is 8.01. The Hall–Kier alpha value is -1.52. The van der Waals surface area contributed by atoms with Gasteiger partial charge in [0.05, 0.1) is 4.90 Å². The van der Waals surface area contributed by atoms with Crippen LogP contribution in [0.15, 0.2) is 29.2 Å². The summed E-state index contributed by atoms with van der Waals surface area (Å²) in [6.45, 7) is -0.282. The van der Waals surface area contributed by atoms with Crippen LogP contribution in [0.1, 0.15) is 6.42 Å². The molecule has 1 fully saturated rings. The zero-order valence-corrected chi connectivity index (χ0v) is 12.6. The third-order valence-electron chi connectivity index (χ3n) is 3.22. The van der Waals surface area contributed by atoms with Crippen LogP contribution in [-0.4, -0.2) is 41.6 Å². The smallest absolute Gasteiger partial charge is 0.307 e. The van der Waals surface area contributed by atoms with Gasteiger partial charge in [-0.25, -0.2) is 13.1 Å². The molecule has 116 valence electrons. The van der Waals surface area contributed by atoms with Crippen molar-refractivity contribution in [2.75, 3.05) is 18.5 Å². The molecular formula is C11H13FN2O5S2. The summed E-state index contributed by atoms with van der Waals surface area (Å²) in [6.07, 6.45) is -0.421. The number of nitrogens with zero attached hydrogens (tertiary/aromatic N) is 1. The molecular weight excluding hydrogens is 323 g/mol. The molecule has 1 atom stereocenters. The molecule has 1 aromatic carbocycles. The normalized spacial score (nSPS) is 20.0. The van der Waals surface area contributed by atoms with Crippen molar-refractivity contribution in [2.24, 2.45) is 0 Å². The lowest BCUT2D eigenvalue weighted by atomic mass is 10.3. The molecule has 10 heteroatoms. The molecule has 1 aliphatic rings. The second kappa shape index (κ2) is 5.35. The van der Waals surface area contributed by atoms with Crippen molar-refractivity contribution in [3.8, 4) is 0 Å². The molecule has 1 aromatic rings. The largest absolute Gasteiger partial charge is 0.311 e. The zero-order valence-electron chi connectivity index (χ0n) is 11.0. The number of amides is 1. The molecule has 1 saturated heterocycles. The number of sulfonamides is 1. The summed E-state index contributed by atoms with van der Waals surface area (Å²) >= 11 is 0. The van der Waals surface area contributed by atoms with E-state index in [-0.39, 0.29) is 11.4 Å². The average molecular weight is 336 g/mol. The van der Waals surface area contributed by atoms with Gasteiger partial charge in [-0.2, -0.15) is 8.42 Å². The summed E-state index contributed by atoms with van der Waals surface area (Å²) in [4.78, 5) is 12.9. The number of anilines is 1. The molecule has 1 N–H and O–H groups in total. The maximum Gasteiger partial charge on any atom is 0.307 e. The highest BCUT2D eigenvalue weighted by molar-refractivity contribution is 7.89. The fourth-order valence-electron chi connectivity index (χ4n) is 2.04. The first-order chi connectivity index (χ1) is 9.65. The lowest BCUT2D eigenvalue weighted by molar-refractivity contribution is -0.117. The molecule has 0 radical (unpaired) electrons. The summed E-state index contributed by atoms with van der Waals surface area (Å²) < 4.78 is 59.9. The minimum Gasteiger partial charge on any atom is -0.311 e. The van der Waals surface area contributed by atoms with E-state index in [4.69, 9.17) is 0 Å². The van der Waals surface area contributed by atoms with Gasteiger partial charge in [0.2, 0.25) is 15.9 Å². The van der Waals surface area contributed by atoms with E-state index in [1.807, 2.05) is 0 Å². The number of hydrogen-bond donors (Lipinski definition) is 1. The number of rotatable bonds is 4. The van der Waals surface area contributed by atoms with Gasteiger partial charge in [-0.15, -0.1) is 3.89 Å². The highest BCUT2D eigenvalue weighted by atomic mass is 32.3. The van der Waals surface area contributed by atoms with Crippen molar-refractivity contribution in [3.05, 3.63) is 24.3 Å². The Morgan fingerprint density at radius 3 is 2.19 bits per heavy atom. The molecule has 21 heavy (non-hydrogen) atoms. The van der Waals surface area contributed by atoms with Gasteiger partial charge in [0, 0.05) is 18.7 Å². The van der Waals surface area contributed by atoms with Crippen LogP contribution in [0.3, 0.4) is 0 Å². The molecule has 0 saturated carbocycles. The van der Waals surface area contributed by atoms with E-state index in [0.29, 0.717) is 5.69 Å². The van der Waals surface area contributed by atoms with Crippen molar-refractivity contribution in [1.82, 2.24) is 4.72 Å². The van der Waals surface area contributed by atoms with Gasteiger partial charge in [0.25, 0.3) is 0 Å². The molecule has 0 aromatic heterocycles. The van der Waals surface area contributed by atoms with E-state index in [1.165, 1.54) is 31.3 Å². The number of carbonyl (C=O) groups excluding carboxylic acids is 1. The van der Waals surface area contributed by atoms with Crippen LogP contribution >= 0.6 is 0 Å². The SMILES string of the molecule is CNS(=O)(=O)c1ccc(N2CC(S(=O)(=O)F)CC2=O)cc1. The van der Waals surface area contributed by atoms with Gasteiger partial charge in [-0.1, -0.05) is 0 Å². The number of carbonyl (C=O) groups is 1. The number of nitrogens with one attached hydrogen (secondary N) is 1. The van der Waals surface area contributed by atoms with Crippen molar-refractivity contribution in [3.63, 3.8) is 0 Å². The van der Waals surface area contributed by atoms with E-state index in [9.17, 15) is 25.5 Å². The monoisotopic (exact) mass is 336 g/mol. The minimum absolute atomic E-state index is 0.00931. The molecule has 1 aliphatic heterocycles. The maximum atomic E-state index is 12.9. The quantitative estimate of drug-likeness (QED) is 0.780. The number of hydrogen-bond acceptors (Lipinski definition) is 5. The van der Waals surface area contributed by atoms with E-state index in [1.54, 1.807) is 0 Å². The van der Waals surface area contributed by atoms with E-state index < -0.39 is 37.8 Å². The van der Waals surface area contributed by atoms with Crippen molar-refractivity contribution >= 4 is 31.8 Å². The van der Waals surface area contributed by atoms with Crippen LogP contribution in [0.25, 0.3) is 0 Å². The molecule has 1 unspecified atom stereocenters. The lowest BCUT2D eigenvalue weighted by Gasteiger charge is -2.16. The van der Waals surface area contributed by atoms with Crippen LogP contribution in [-0.2, 0) is 25.0 Å². The van der Waals surface area contributed by atoms with Crippen LogP contribution in [0.5, 0.6) is 0 Å². The van der Waals surface area contributed by atoms with E-state index in [0.717, 1.165) is 4.90 Å². The summed E-state index contributed by atoms with van der Waals surface area (Å²) in [5.41, 5.74) is 0.321. The fraction of sp³-hybridized carbons (Fsp3) is 0.364. The predicted octanol–water partition coefficient (Wildman–Crippen LogP) is -0.000700. The Bertz CT molecular complexity index is 758. The Kier molecular flexibility index (Phi) is 4.04. The van der Waals surface area contributed by atoms with Crippen LogP contribution < -0.4 is 9.62 Å². The predicted molar refractivity (Wildman–Crippen MR) is 73.5 cm³/mol. The van der Waals surface area contributed by atoms with Gasteiger partial charge < -0.3 is 4.90 Å². The summed E-state index contributed by atoms with van der Waals surface area (Å²) in [7, 11) is -7.11. The van der Waals surface area contributed by atoms with Gasteiger partial charge in [-0.3, -0.25) is 4.79 Å². The third-order valence-corrected chi connectivity index (χ3v) is 5.76. The van der Waals surface area contributed by atoms with Gasteiger partial charge in [0.1, 0.15) is 5.25 Å². The maximum absolute atomic E-state index is 12.9. The molecule has 1 heterocycles. The van der Waals surface area contributed by atoms with Gasteiger partial charge in [0.15, 0.2) is 0 Å². The number of halogens is 1. The Labute approximate surface area is 122 Å². The van der Waals surface area contributed by atoms with Crippen molar-refractivity contribution < 1.29 is 25.5 Å². The van der Waals surface area contributed by atoms with Gasteiger partial charge in [-0.05, 0) is 31.3 Å². The van der Waals surface area contributed by atoms with E-state index >= 15 is 0 Å². The molecule has 0 aliphatic carbocycles. The average Bonchev–Trinajstić information content (AvgIpc) is 2.81. The molecule has 0 bridgehead atoms. The first kappa shape index (κ1) is 15.9. The van der Waals surface area contributed by atoms with E-state index in [2.05, 4.69) is 4.72 Å². The van der Waals surface area contributed by atoms with Crippen molar-refractivity contribution in [1.29, 1.82) is 0 Å². The summed E-state index contributed by atoms with van der Waals surface area (Å²) in [5.74, 6) is -0.523. The molecule has 1 amide bonds. The molecule has 7 nitrogen and oxygen atoms in total. The summed E-state index contributed by atoms with van der Waals surface area (Å²) in [6, 6.07) is 5.31. The Morgan fingerprint density at radius 1 is 1.19 bits per heavy atom. The summed E-state index contributed by atoms with van der Waals surface area (Å²) in [5, 5.41) is -1.38. The Morgan fingerprint density at radius 2 is 1.76 bits per heavy atom. The van der Waals surface area contributed by atoms with Crippen LogP contribution in [0, 0.1) is 0 Å². The van der Waals surface area contributed by atoms with Crippen LogP contribution in [0.4, 0.5) is 9.57 Å². The molecule has 2 rings (SSSR count). The van der Waals surface area contributed by atoms with Crippen molar-refractivity contribution in [2.45, 2.75) is 16.6 Å². The number of benzene rings is 1. The standard InChI is InChI=1S/C11H13FN2O5S2/c1-13-21(18,19)9-4-2-8(3-5-9)14-7-10(6-11(14)15)20(12,16)17/h2-5,10,13H,6-7H2,1H3. The highest BCUT2D eigenvalue weighted by Crippen LogP contribution is 2.26. The van der Waals surface area contributed by atoms with Crippen LogP contribution in [0.2, 0.25) is 0 Å². The first-order valence-corrected chi connectivity index (χ1v) is 8.85. The Balaban J connectivity index is 2.26. The molecule has 0 spiro atoms. The second-order valence-electron chi connectivity index (χ2n) is 4.51. The fourth-order valence-corrected chi connectivity index (χ4v) is 3.43. The third kappa shape index (κ3) is 3.22. The van der Waals surface area contributed by atoms with Gasteiger partial charge >= 0.3 is 10.2 Å². The zero-order chi connectivity index (χ0) is 15.8. The first-order valence-electron chi connectivity index (χ1n) is 5.92. The lowest BCUT2D eigenvalue weighted by Crippen LogP contribution is -2.27. The topological polar surface area (TPSA) is 101 Å². The highest BCUT2D eigenvalue weighted by Gasteiger charge is 2.39.